The van der Waals surface area contributed by atoms with E-state index in [1.807, 2.05) is 0 Å². The van der Waals surface area contributed by atoms with Crippen LogP contribution in [0, 0.1) is 23.2 Å². The molecule has 2 aliphatic heterocycles. The Morgan fingerprint density at radius 1 is 1.40 bits per heavy atom. The molecule has 0 aromatic heterocycles. The summed E-state index contributed by atoms with van der Waals surface area (Å²) >= 11 is 0. The summed E-state index contributed by atoms with van der Waals surface area (Å²) in [7, 11) is 0. The number of fused-ring (bicyclic) bond motifs is 2. The minimum atomic E-state index is 0.372. The summed E-state index contributed by atoms with van der Waals surface area (Å²) in [6, 6.07) is 2.38. The number of nitrogens with zero attached hydrogens (tertiary/aromatic N) is 1. The third kappa shape index (κ3) is 0.911. The Bertz CT molecular complexity index is 159. The molecular weight excluding hydrogens is 124 g/mol. The van der Waals surface area contributed by atoms with Gasteiger partial charge in [0.1, 0.15) is 0 Å². The summed E-state index contributed by atoms with van der Waals surface area (Å²) in [5, 5.41) is 8.69. The first-order valence-corrected chi connectivity index (χ1v) is 4.11. The van der Waals surface area contributed by atoms with Gasteiger partial charge in [-0.15, -0.1) is 0 Å². The maximum Gasteiger partial charge on any atom is 0.0957 e. The van der Waals surface area contributed by atoms with Crippen molar-refractivity contribution in [3.63, 3.8) is 0 Å². The van der Waals surface area contributed by atoms with Crippen molar-refractivity contribution < 1.29 is 4.90 Å². The lowest BCUT2D eigenvalue weighted by molar-refractivity contribution is -0.895. The Morgan fingerprint density at radius 2 is 2.30 bits per heavy atom. The minimum Gasteiger partial charge on any atom is -0.334 e. The lowest BCUT2D eigenvalue weighted by atomic mass is 9.93. The molecule has 2 heteroatoms. The van der Waals surface area contributed by atoms with E-state index in [1.54, 1.807) is 4.90 Å². The van der Waals surface area contributed by atoms with Crippen LogP contribution >= 0.6 is 0 Å². The molecule has 2 bridgehead atoms. The van der Waals surface area contributed by atoms with Crippen LogP contribution in [0.1, 0.15) is 12.8 Å². The second kappa shape index (κ2) is 2.25. The molecule has 3 atom stereocenters. The first-order valence-electron chi connectivity index (χ1n) is 4.11. The van der Waals surface area contributed by atoms with Crippen molar-refractivity contribution in [1.29, 1.82) is 5.26 Å². The molecule has 2 heterocycles. The number of piperidine rings is 1. The fraction of sp³-hybridized carbons (Fsp3) is 0.875. The van der Waals surface area contributed by atoms with Crippen LogP contribution in [0.15, 0.2) is 0 Å². The summed E-state index contributed by atoms with van der Waals surface area (Å²) in [6.07, 6.45) is 2.55. The Hall–Kier alpha value is -0.550. The number of hydrogen-bond acceptors (Lipinski definition) is 1. The van der Waals surface area contributed by atoms with E-state index in [0.717, 1.165) is 12.5 Å². The monoisotopic (exact) mass is 137 g/mol. The summed E-state index contributed by atoms with van der Waals surface area (Å²) in [5.74, 6) is 1.25. The topological polar surface area (TPSA) is 28.2 Å². The second-order valence-corrected chi connectivity index (χ2v) is 3.62. The highest BCUT2D eigenvalue weighted by molar-refractivity contribution is 4.87. The standard InChI is InChI=1S/C8H12N2/c9-4-8-3-7-1-2-10(5-7)6-8/h7-8H,1-3,5-6H2/p+1. The van der Waals surface area contributed by atoms with Gasteiger partial charge in [0, 0.05) is 12.3 Å². The first-order chi connectivity index (χ1) is 4.88. The van der Waals surface area contributed by atoms with Crippen LogP contribution in [-0.2, 0) is 0 Å². The van der Waals surface area contributed by atoms with Crippen molar-refractivity contribution in [2.75, 3.05) is 19.6 Å². The highest BCUT2D eigenvalue weighted by Gasteiger charge is 2.35. The molecule has 0 aliphatic carbocycles. The van der Waals surface area contributed by atoms with E-state index in [2.05, 4.69) is 6.07 Å². The molecule has 0 radical (unpaired) electrons. The van der Waals surface area contributed by atoms with Gasteiger partial charge in [0.2, 0.25) is 0 Å². The van der Waals surface area contributed by atoms with Crippen molar-refractivity contribution in [3.05, 3.63) is 0 Å². The Balaban J connectivity index is 2.04. The highest BCUT2D eigenvalue weighted by atomic mass is 15.2. The molecule has 0 aromatic rings. The molecule has 2 saturated heterocycles. The second-order valence-electron chi connectivity index (χ2n) is 3.62. The normalized spacial score (nSPS) is 44.9. The molecule has 2 rings (SSSR count). The van der Waals surface area contributed by atoms with E-state index in [1.165, 1.54) is 25.9 Å². The van der Waals surface area contributed by atoms with Crippen molar-refractivity contribution >= 4 is 0 Å². The summed E-state index contributed by atoms with van der Waals surface area (Å²) in [4.78, 5) is 1.67. The average molecular weight is 137 g/mol. The maximum absolute atomic E-state index is 8.69. The molecule has 3 unspecified atom stereocenters. The van der Waals surface area contributed by atoms with Crippen molar-refractivity contribution in [1.82, 2.24) is 0 Å². The third-order valence-corrected chi connectivity index (χ3v) is 2.82. The molecule has 0 amide bonds. The lowest BCUT2D eigenvalue weighted by Crippen LogP contribution is -3.11. The van der Waals surface area contributed by atoms with Crippen LogP contribution in [0.4, 0.5) is 0 Å². The molecule has 0 aromatic carbocycles. The van der Waals surface area contributed by atoms with Gasteiger partial charge < -0.3 is 4.90 Å². The maximum atomic E-state index is 8.69. The van der Waals surface area contributed by atoms with Crippen LogP contribution in [0.25, 0.3) is 0 Å². The van der Waals surface area contributed by atoms with E-state index in [0.29, 0.717) is 5.92 Å². The zero-order chi connectivity index (χ0) is 6.97. The fourth-order valence-corrected chi connectivity index (χ4v) is 2.34. The van der Waals surface area contributed by atoms with Crippen LogP contribution in [0.3, 0.4) is 0 Å². The SMILES string of the molecule is N#CC1CC2CC[NH+](C1)C2. The van der Waals surface area contributed by atoms with Gasteiger partial charge >= 0.3 is 0 Å². The van der Waals surface area contributed by atoms with Crippen molar-refractivity contribution in [2.24, 2.45) is 11.8 Å². The average Bonchev–Trinajstić information content (AvgIpc) is 2.30. The molecule has 2 nitrogen and oxygen atoms in total. The van der Waals surface area contributed by atoms with Gasteiger partial charge in [0.15, 0.2) is 0 Å². The summed E-state index contributed by atoms with van der Waals surface area (Å²) in [6.45, 7) is 3.79. The van der Waals surface area contributed by atoms with E-state index >= 15 is 0 Å². The predicted octanol–water partition coefficient (Wildman–Crippen LogP) is -0.565. The van der Waals surface area contributed by atoms with Gasteiger partial charge in [-0.1, -0.05) is 0 Å². The van der Waals surface area contributed by atoms with Crippen LogP contribution in [0.5, 0.6) is 0 Å². The Labute approximate surface area is 61.4 Å². The van der Waals surface area contributed by atoms with Crippen LogP contribution in [0.2, 0.25) is 0 Å². The Kier molecular flexibility index (Phi) is 1.39. The molecule has 54 valence electrons. The van der Waals surface area contributed by atoms with Gasteiger partial charge in [-0.25, -0.2) is 0 Å². The van der Waals surface area contributed by atoms with Gasteiger partial charge in [-0.05, 0) is 6.42 Å². The van der Waals surface area contributed by atoms with Crippen LogP contribution < -0.4 is 4.90 Å². The zero-order valence-corrected chi connectivity index (χ0v) is 6.14. The fourth-order valence-electron chi connectivity index (χ4n) is 2.34. The number of hydrogen-bond donors (Lipinski definition) is 1. The van der Waals surface area contributed by atoms with E-state index in [-0.39, 0.29) is 0 Å². The first kappa shape index (κ1) is 6.18. The zero-order valence-electron chi connectivity index (χ0n) is 6.14. The minimum absolute atomic E-state index is 0.372. The predicted molar refractivity (Wildman–Crippen MR) is 37.4 cm³/mol. The van der Waals surface area contributed by atoms with Gasteiger partial charge in [-0.3, -0.25) is 0 Å². The molecule has 2 aliphatic rings. The number of nitriles is 1. The summed E-state index contributed by atoms with van der Waals surface area (Å²) in [5.41, 5.74) is 0. The Morgan fingerprint density at radius 3 is 3.00 bits per heavy atom. The molecule has 0 spiro atoms. The van der Waals surface area contributed by atoms with Crippen molar-refractivity contribution in [2.45, 2.75) is 12.8 Å². The number of rotatable bonds is 0. The largest absolute Gasteiger partial charge is 0.334 e. The third-order valence-electron chi connectivity index (χ3n) is 2.82. The number of quaternary nitrogens is 1. The van der Waals surface area contributed by atoms with E-state index < -0.39 is 0 Å². The number of nitrogens with one attached hydrogen (secondary N) is 1. The van der Waals surface area contributed by atoms with Gasteiger partial charge in [0.05, 0.1) is 31.6 Å². The van der Waals surface area contributed by atoms with Gasteiger partial charge in [-0.2, -0.15) is 5.26 Å². The van der Waals surface area contributed by atoms with E-state index in [9.17, 15) is 0 Å². The lowest BCUT2D eigenvalue weighted by Gasteiger charge is -2.22. The smallest absolute Gasteiger partial charge is 0.0957 e. The summed E-state index contributed by atoms with van der Waals surface area (Å²) < 4.78 is 0. The van der Waals surface area contributed by atoms with E-state index in [4.69, 9.17) is 5.26 Å². The molecular formula is C8H13N2+. The highest BCUT2D eigenvalue weighted by Crippen LogP contribution is 2.19. The molecule has 10 heavy (non-hydrogen) atoms. The van der Waals surface area contributed by atoms with Gasteiger partial charge in [0.25, 0.3) is 0 Å². The van der Waals surface area contributed by atoms with Crippen LogP contribution in [-0.4, -0.2) is 19.6 Å². The quantitative estimate of drug-likeness (QED) is 0.476. The molecule has 0 saturated carbocycles. The molecule has 1 N–H and O–H groups in total. The molecule has 2 fully saturated rings. The van der Waals surface area contributed by atoms with Crippen molar-refractivity contribution in [3.8, 4) is 6.07 Å².